The highest BCUT2D eigenvalue weighted by molar-refractivity contribution is 14.1. The minimum atomic E-state index is -3.53. The molecule has 0 amide bonds. The molecule has 0 aromatic carbocycles. The quantitative estimate of drug-likeness (QED) is 0.391. The van der Waals surface area contributed by atoms with E-state index in [0.717, 1.165) is 6.26 Å². The van der Waals surface area contributed by atoms with Gasteiger partial charge in [-0.3, -0.25) is 4.18 Å². The van der Waals surface area contributed by atoms with E-state index in [1.165, 1.54) is 0 Å². The zero-order valence-electron chi connectivity index (χ0n) is 6.47. The van der Waals surface area contributed by atoms with E-state index in [0.29, 0.717) is 4.43 Å². The van der Waals surface area contributed by atoms with Gasteiger partial charge in [-0.25, -0.2) is 0 Å². The highest BCUT2D eigenvalue weighted by Crippen LogP contribution is 2.00. The third-order valence-corrected chi connectivity index (χ3v) is 2.52. The molecule has 0 rings (SSSR count). The molecular formula is C5H11IO5S. The Balaban J connectivity index is 3.79. The van der Waals surface area contributed by atoms with E-state index in [9.17, 15) is 8.42 Å². The van der Waals surface area contributed by atoms with Crippen LogP contribution < -0.4 is 0 Å². The predicted octanol–water partition coefficient (Wildman–Crippen LogP) is -0.881. The largest absolute Gasteiger partial charge is 0.390 e. The monoisotopic (exact) mass is 310 g/mol. The molecule has 0 aliphatic rings. The van der Waals surface area contributed by atoms with Gasteiger partial charge in [0.25, 0.3) is 10.1 Å². The molecule has 0 aromatic heterocycles. The van der Waals surface area contributed by atoms with Gasteiger partial charge in [0.2, 0.25) is 0 Å². The predicted molar refractivity (Wildman–Crippen MR) is 51.7 cm³/mol. The van der Waals surface area contributed by atoms with Crippen molar-refractivity contribution in [3.05, 3.63) is 0 Å². The normalized spacial score (nSPS) is 17.3. The fraction of sp³-hybridized carbons (Fsp3) is 1.00. The van der Waals surface area contributed by atoms with E-state index < -0.39 is 28.9 Å². The zero-order chi connectivity index (χ0) is 9.78. The molecule has 0 heterocycles. The van der Waals surface area contributed by atoms with Gasteiger partial charge in [-0.1, -0.05) is 22.6 Å². The first-order chi connectivity index (χ1) is 5.37. The van der Waals surface area contributed by atoms with Gasteiger partial charge >= 0.3 is 0 Å². The molecule has 0 unspecified atom stereocenters. The Labute approximate surface area is 85.0 Å². The molecule has 0 aliphatic carbocycles. The number of aliphatic hydroxyl groups is 2. The number of alkyl halides is 1. The van der Waals surface area contributed by atoms with E-state index in [1.807, 2.05) is 22.6 Å². The molecule has 5 nitrogen and oxygen atoms in total. The van der Waals surface area contributed by atoms with Crippen LogP contribution in [0.4, 0.5) is 0 Å². The van der Waals surface area contributed by atoms with Crippen molar-refractivity contribution in [2.24, 2.45) is 0 Å². The first kappa shape index (κ1) is 12.6. The van der Waals surface area contributed by atoms with Gasteiger partial charge in [-0.15, -0.1) is 0 Å². The van der Waals surface area contributed by atoms with Crippen molar-refractivity contribution in [3.63, 3.8) is 0 Å². The summed E-state index contributed by atoms with van der Waals surface area (Å²) in [5.41, 5.74) is 0. The molecule has 0 bridgehead atoms. The Morgan fingerprint density at radius 2 is 1.92 bits per heavy atom. The van der Waals surface area contributed by atoms with Gasteiger partial charge in [-0.2, -0.15) is 8.42 Å². The van der Waals surface area contributed by atoms with E-state index in [2.05, 4.69) is 4.18 Å². The summed E-state index contributed by atoms with van der Waals surface area (Å²) in [5.74, 6) is 0. The van der Waals surface area contributed by atoms with Crippen LogP contribution in [0.5, 0.6) is 0 Å². The number of aliphatic hydroxyl groups excluding tert-OH is 2. The summed E-state index contributed by atoms with van der Waals surface area (Å²) in [6.07, 6.45) is -1.22. The van der Waals surface area contributed by atoms with Gasteiger partial charge in [0.05, 0.1) is 19.0 Å². The van der Waals surface area contributed by atoms with Crippen LogP contribution in [-0.4, -0.2) is 48.1 Å². The first-order valence-corrected chi connectivity index (χ1v) is 6.47. The summed E-state index contributed by atoms with van der Waals surface area (Å²) in [5, 5.41) is 18.0. The summed E-state index contributed by atoms with van der Waals surface area (Å²) in [4.78, 5) is 0. The van der Waals surface area contributed by atoms with Crippen LogP contribution in [0.1, 0.15) is 0 Å². The van der Waals surface area contributed by atoms with E-state index in [1.54, 1.807) is 0 Å². The number of hydrogen-bond acceptors (Lipinski definition) is 5. The number of halogens is 1. The molecule has 0 aliphatic heterocycles. The Morgan fingerprint density at radius 3 is 2.25 bits per heavy atom. The van der Waals surface area contributed by atoms with Crippen LogP contribution in [-0.2, 0) is 14.3 Å². The summed E-state index contributed by atoms with van der Waals surface area (Å²) in [7, 11) is -3.53. The Hall–Kier alpha value is 0.560. The molecule has 7 heteroatoms. The Bertz CT molecular complexity index is 214. The third-order valence-electron chi connectivity index (χ3n) is 1.06. The van der Waals surface area contributed by atoms with Crippen LogP contribution in [0.3, 0.4) is 0 Å². The summed E-state index contributed by atoms with van der Waals surface area (Å²) < 4.78 is 25.5. The van der Waals surface area contributed by atoms with Gasteiger partial charge < -0.3 is 10.2 Å². The highest BCUT2D eigenvalue weighted by Gasteiger charge is 2.16. The molecule has 2 N–H and O–H groups in total. The van der Waals surface area contributed by atoms with Crippen LogP contribution in [0.25, 0.3) is 0 Å². The number of rotatable bonds is 5. The fourth-order valence-electron chi connectivity index (χ4n) is 0.407. The first-order valence-electron chi connectivity index (χ1n) is 3.13. The van der Waals surface area contributed by atoms with E-state index in [-0.39, 0.29) is 0 Å². The molecule has 0 fully saturated rings. The smallest absolute Gasteiger partial charge is 0.264 e. The molecule has 0 spiro atoms. The summed E-state index contributed by atoms with van der Waals surface area (Å²) in [6.45, 7) is -0.400. The lowest BCUT2D eigenvalue weighted by Crippen LogP contribution is -2.32. The second-order valence-electron chi connectivity index (χ2n) is 2.28. The zero-order valence-corrected chi connectivity index (χ0v) is 9.45. The average Bonchev–Trinajstić information content (AvgIpc) is 1.97. The van der Waals surface area contributed by atoms with Gasteiger partial charge in [-0.05, 0) is 0 Å². The highest BCUT2D eigenvalue weighted by atomic mass is 127. The number of hydrogen-bond donors (Lipinski definition) is 2. The lowest BCUT2D eigenvalue weighted by molar-refractivity contribution is 0.00787. The molecule has 12 heavy (non-hydrogen) atoms. The fourth-order valence-corrected chi connectivity index (χ4v) is 1.38. The van der Waals surface area contributed by atoms with E-state index in [4.69, 9.17) is 10.2 Å². The molecule has 0 saturated carbocycles. The lowest BCUT2D eigenvalue weighted by atomic mass is 10.2. The third kappa shape index (κ3) is 6.12. The van der Waals surface area contributed by atoms with E-state index >= 15 is 0 Å². The van der Waals surface area contributed by atoms with Gasteiger partial charge in [0, 0.05) is 4.43 Å². The minimum Gasteiger partial charge on any atom is -0.390 e. The van der Waals surface area contributed by atoms with Crippen molar-refractivity contribution in [1.82, 2.24) is 0 Å². The van der Waals surface area contributed by atoms with Gasteiger partial charge in [0.1, 0.15) is 6.10 Å². The van der Waals surface area contributed by atoms with Crippen molar-refractivity contribution in [2.75, 3.05) is 17.3 Å². The SMILES string of the molecule is CS(=O)(=O)OC[C@H](O)[C@@H](O)CI. The lowest BCUT2D eigenvalue weighted by Gasteiger charge is -2.14. The molecule has 0 saturated heterocycles. The van der Waals surface area contributed by atoms with Crippen molar-refractivity contribution >= 4 is 32.7 Å². The molecule has 0 radical (unpaired) electrons. The Kier molecular flexibility index (Phi) is 5.57. The maximum Gasteiger partial charge on any atom is 0.264 e. The average molecular weight is 310 g/mol. The molecule has 2 atom stereocenters. The van der Waals surface area contributed by atoms with Gasteiger partial charge in [0.15, 0.2) is 0 Å². The van der Waals surface area contributed by atoms with Crippen LogP contribution in [0.2, 0.25) is 0 Å². The van der Waals surface area contributed by atoms with Crippen LogP contribution >= 0.6 is 22.6 Å². The molecular weight excluding hydrogens is 299 g/mol. The van der Waals surface area contributed by atoms with Crippen molar-refractivity contribution in [1.29, 1.82) is 0 Å². The maximum atomic E-state index is 10.4. The van der Waals surface area contributed by atoms with Crippen LogP contribution in [0.15, 0.2) is 0 Å². The standard InChI is InChI=1S/C5H11IO5S/c1-12(9,10)11-3-5(8)4(7)2-6/h4-5,7-8H,2-3H2,1H3/t4-,5-/m0/s1. The maximum absolute atomic E-state index is 10.4. The topological polar surface area (TPSA) is 83.8 Å². The van der Waals surface area contributed by atoms with Crippen molar-refractivity contribution < 1.29 is 22.8 Å². The molecule has 0 aromatic rings. The van der Waals surface area contributed by atoms with Crippen molar-refractivity contribution in [3.8, 4) is 0 Å². The van der Waals surface area contributed by atoms with Crippen LogP contribution in [0, 0.1) is 0 Å². The summed E-state index contributed by atoms with van der Waals surface area (Å²) >= 11 is 1.87. The van der Waals surface area contributed by atoms with Crippen molar-refractivity contribution in [2.45, 2.75) is 12.2 Å². The Morgan fingerprint density at radius 1 is 1.42 bits per heavy atom. The second-order valence-corrected chi connectivity index (χ2v) is 4.80. The summed E-state index contributed by atoms with van der Waals surface area (Å²) in [6, 6.07) is 0. The second kappa shape index (κ2) is 5.32. The minimum absolute atomic E-state index is 0.325. The molecule has 74 valence electrons.